The fourth-order valence-corrected chi connectivity index (χ4v) is 1.62. The van der Waals surface area contributed by atoms with Gasteiger partial charge >= 0.3 is 5.97 Å². The third-order valence-corrected chi connectivity index (χ3v) is 2.64. The van der Waals surface area contributed by atoms with Gasteiger partial charge in [-0.2, -0.15) is 0 Å². The smallest absolute Gasteiger partial charge is 0.325 e. The first kappa shape index (κ1) is 15.6. The number of hydrogen-bond acceptors (Lipinski definition) is 6. The van der Waals surface area contributed by atoms with Crippen LogP contribution in [0.4, 0.5) is 0 Å². The molecule has 7 nitrogen and oxygen atoms in total. The molecule has 0 fully saturated rings. The van der Waals surface area contributed by atoms with E-state index in [1.807, 2.05) is 30.3 Å². The van der Waals surface area contributed by atoms with Crippen LogP contribution in [0.15, 0.2) is 40.9 Å². The summed E-state index contributed by atoms with van der Waals surface area (Å²) in [6, 6.07) is 10.9. The highest BCUT2D eigenvalue weighted by Crippen LogP contribution is 2.13. The number of rotatable bonds is 7. The lowest BCUT2D eigenvalue weighted by atomic mass is 10.2. The van der Waals surface area contributed by atoms with E-state index < -0.39 is 11.9 Å². The SMILES string of the molecule is CCOC(=O)CNC(=O)c1cc(OCc2ccccc2)no1. The minimum absolute atomic E-state index is 0.0349. The summed E-state index contributed by atoms with van der Waals surface area (Å²) in [5.41, 5.74) is 0.971. The highest BCUT2D eigenvalue weighted by atomic mass is 16.5. The quantitative estimate of drug-likeness (QED) is 0.780. The van der Waals surface area contributed by atoms with Crippen molar-refractivity contribution in [2.75, 3.05) is 13.2 Å². The molecule has 0 saturated heterocycles. The zero-order valence-corrected chi connectivity index (χ0v) is 12.1. The van der Waals surface area contributed by atoms with Gasteiger partial charge in [-0.1, -0.05) is 30.3 Å². The molecule has 0 aliphatic heterocycles. The van der Waals surface area contributed by atoms with E-state index in [9.17, 15) is 9.59 Å². The predicted molar refractivity (Wildman–Crippen MR) is 76.2 cm³/mol. The van der Waals surface area contributed by atoms with Gasteiger partial charge in [-0.25, -0.2) is 0 Å². The molecule has 7 heteroatoms. The lowest BCUT2D eigenvalue weighted by Crippen LogP contribution is -2.30. The van der Waals surface area contributed by atoms with Crippen LogP contribution in [0.25, 0.3) is 0 Å². The standard InChI is InChI=1S/C15H16N2O5/c1-2-20-14(18)9-16-15(19)12-8-13(17-22-12)21-10-11-6-4-3-5-7-11/h3-8H,2,9-10H2,1H3,(H,16,19). The molecule has 0 atom stereocenters. The van der Waals surface area contributed by atoms with E-state index in [4.69, 9.17) is 14.0 Å². The molecule has 0 spiro atoms. The Bertz CT molecular complexity index is 624. The van der Waals surface area contributed by atoms with Gasteiger partial charge in [-0.3, -0.25) is 9.59 Å². The van der Waals surface area contributed by atoms with Gasteiger partial charge in [0.25, 0.3) is 11.8 Å². The van der Waals surface area contributed by atoms with Crippen molar-refractivity contribution < 1.29 is 23.6 Å². The normalized spacial score (nSPS) is 10.0. The molecule has 1 heterocycles. The molecule has 2 aromatic rings. The minimum atomic E-state index is -0.560. The van der Waals surface area contributed by atoms with E-state index in [0.717, 1.165) is 5.56 Å². The second-order valence-electron chi connectivity index (χ2n) is 4.29. The van der Waals surface area contributed by atoms with Crippen LogP contribution in [0.5, 0.6) is 5.88 Å². The summed E-state index contributed by atoms with van der Waals surface area (Å²) in [6.07, 6.45) is 0. The average molecular weight is 304 g/mol. The van der Waals surface area contributed by atoms with Gasteiger partial charge in [-0.15, -0.1) is 0 Å². The molecule has 0 aliphatic rings. The van der Waals surface area contributed by atoms with Crippen LogP contribution in [0.2, 0.25) is 0 Å². The topological polar surface area (TPSA) is 90.7 Å². The van der Waals surface area contributed by atoms with Crippen LogP contribution in [-0.2, 0) is 16.1 Å². The number of nitrogens with one attached hydrogen (secondary N) is 1. The Morgan fingerprint density at radius 1 is 1.27 bits per heavy atom. The molecule has 1 aromatic carbocycles. The molecule has 2 rings (SSSR count). The average Bonchev–Trinajstić information content (AvgIpc) is 3.01. The zero-order valence-electron chi connectivity index (χ0n) is 12.1. The minimum Gasteiger partial charge on any atom is -0.471 e. The third-order valence-electron chi connectivity index (χ3n) is 2.64. The first-order valence-corrected chi connectivity index (χ1v) is 6.76. The summed E-state index contributed by atoms with van der Waals surface area (Å²) in [7, 11) is 0. The zero-order chi connectivity index (χ0) is 15.8. The van der Waals surface area contributed by atoms with E-state index >= 15 is 0 Å². The Morgan fingerprint density at radius 3 is 2.77 bits per heavy atom. The Morgan fingerprint density at radius 2 is 2.05 bits per heavy atom. The number of hydrogen-bond donors (Lipinski definition) is 1. The second kappa shape index (κ2) is 7.82. The number of carbonyl (C=O) groups excluding carboxylic acids is 2. The summed E-state index contributed by atoms with van der Waals surface area (Å²) in [5, 5.41) is 6.01. The van der Waals surface area contributed by atoms with Crippen LogP contribution in [-0.4, -0.2) is 30.2 Å². The number of esters is 1. The molecule has 22 heavy (non-hydrogen) atoms. The van der Waals surface area contributed by atoms with E-state index in [1.54, 1.807) is 6.92 Å². The van der Waals surface area contributed by atoms with Crippen LogP contribution < -0.4 is 10.1 Å². The van der Waals surface area contributed by atoms with Gasteiger partial charge in [0.1, 0.15) is 13.2 Å². The summed E-state index contributed by atoms with van der Waals surface area (Å²) in [4.78, 5) is 22.9. The number of nitrogens with zero attached hydrogens (tertiary/aromatic N) is 1. The van der Waals surface area contributed by atoms with E-state index in [-0.39, 0.29) is 24.8 Å². The lowest BCUT2D eigenvalue weighted by molar-refractivity contribution is -0.141. The molecule has 116 valence electrons. The van der Waals surface area contributed by atoms with Gasteiger partial charge in [0.2, 0.25) is 5.76 Å². The van der Waals surface area contributed by atoms with Crippen molar-refractivity contribution in [1.82, 2.24) is 10.5 Å². The number of benzene rings is 1. The molecular weight excluding hydrogens is 288 g/mol. The first-order chi connectivity index (χ1) is 10.7. The molecule has 0 aliphatic carbocycles. The molecule has 0 unspecified atom stereocenters. The van der Waals surface area contributed by atoms with E-state index in [1.165, 1.54) is 6.07 Å². The molecule has 0 radical (unpaired) electrons. The Labute approximate surface area is 127 Å². The van der Waals surface area contributed by atoms with Gasteiger partial charge in [-0.05, 0) is 17.6 Å². The van der Waals surface area contributed by atoms with Gasteiger partial charge in [0.15, 0.2) is 0 Å². The molecule has 1 N–H and O–H groups in total. The maximum Gasteiger partial charge on any atom is 0.325 e. The van der Waals surface area contributed by atoms with E-state index in [0.29, 0.717) is 6.61 Å². The van der Waals surface area contributed by atoms with Crippen LogP contribution in [0.3, 0.4) is 0 Å². The monoisotopic (exact) mass is 304 g/mol. The molecule has 1 amide bonds. The van der Waals surface area contributed by atoms with Gasteiger partial charge in [0, 0.05) is 0 Å². The predicted octanol–water partition coefficient (Wildman–Crippen LogP) is 1.55. The molecule has 1 aromatic heterocycles. The number of ether oxygens (including phenoxy) is 2. The van der Waals surface area contributed by atoms with Crippen LogP contribution in [0.1, 0.15) is 23.0 Å². The summed E-state index contributed by atoms with van der Waals surface area (Å²) >= 11 is 0. The molecule has 0 saturated carbocycles. The number of amides is 1. The van der Waals surface area contributed by atoms with E-state index in [2.05, 4.69) is 10.5 Å². The van der Waals surface area contributed by atoms with Crippen molar-refractivity contribution in [3.63, 3.8) is 0 Å². The fraction of sp³-hybridized carbons (Fsp3) is 0.267. The summed E-state index contributed by atoms with van der Waals surface area (Å²) in [5.74, 6) is -0.913. The third kappa shape index (κ3) is 4.62. The summed E-state index contributed by atoms with van der Waals surface area (Å²) in [6.45, 7) is 2.03. The van der Waals surface area contributed by atoms with Crippen LogP contribution in [0, 0.1) is 0 Å². The van der Waals surface area contributed by atoms with Crippen molar-refractivity contribution in [2.24, 2.45) is 0 Å². The lowest BCUT2D eigenvalue weighted by Gasteiger charge is -2.02. The van der Waals surface area contributed by atoms with Gasteiger partial charge < -0.3 is 19.3 Å². The Kier molecular flexibility index (Phi) is 5.53. The largest absolute Gasteiger partial charge is 0.471 e. The fourth-order valence-electron chi connectivity index (χ4n) is 1.62. The van der Waals surface area contributed by atoms with Gasteiger partial charge in [0.05, 0.1) is 12.7 Å². The highest BCUT2D eigenvalue weighted by Gasteiger charge is 2.15. The first-order valence-electron chi connectivity index (χ1n) is 6.76. The van der Waals surface area contributed by atoms with Crippen molar-refractivity contribution in [3.8, 4) is 5.88 Å². The highest BCUT2D eigenvalue weighted by molar-refractivity contribution is 5.93. The van der Waals surface area contributed by atoms with Crippen molar-refractivity contribution in [1.29, 1.82) is 0 Å². The van der Waals surface area contributed by atoms with Crippen LogP contribution >= 0.6 is 0 Å². The Balaban J connectivity index is 1.83. The van der Waals surface area contributed by atoms with Crippen molar-refractivity contribution in [3.05, 3.63) is 47.7 Å². The maximum atomic E-state index is 11.7. The molecular formula is C15H16N2O5. The number of aromatic nitrogens is 1. The van der Waals surface area contributed by atoms with Crippen molar-refractivity contribution >= 4 is 11.9 Å². The Hall–Kier alpha value is -2.83. The molecule has 0 bridgehead atoms. The number of carbonyl (C=O) groups is 2. The maximum absolute atomic E-state index is 11.7. The van der Waals surface area contributed by atoms with Crippen molar-refractivity contribution in [2.45, 2.75) is 13.5 Å². The second-order valence-corrected chi connectivity index (χ2v) is 4.29. The summed E-state index contributed by atoms with van der Waals surface area (Å²) < 4.78 is 15.0.